The number of halogens is 1. The van der Waals surface area contributed by atoms with E-state index in [1.807, 2.05) is 23.9 Å². The number of carbonyl (C=O) groups is 1. The van der Waals surface area contributed by atoms with Crippen LogP contribution in [-0.2, 0) is 11.8 Å². The first-order chi connectivity index (χ1) is 11.0. The molecule has 122 valence electrons. The maximum absolute atomic E-state index is 11.8. The van der Waals surface area contributed by atoms with Crippen molar-refractivity contribution in [3.8, 4) is 0 Å². The van der Waals surface area contributed by atoms with Crippen LogP contribution >= 0.6 is 15.9 Å². The number of carboxylic acids is 1. The second-order valence-electron chi connectivity index (χ2n) is 6.71. The minimum Gasteiger partial charge on any atom is -0.481 e. The van der Waals surface area contributed by atoms with Gasteiger partial charge in [0, 0.05) is 19.3 Å². The molecule has 3 fully saturated rings. The topological polar surface area (TPSA) is 80.0 Å². The molecule has 2 aromatic heterocycles. The highest BCUT2D eigenvalue weighted by atomic mass is 79.9. The van der Waals surface area contributed by atoms with E-state index in [-0.39, 0.29) is 17.9 Å². The molecule has 7 heteroatoms. The molecule has 2 atom stereocenters. The first-order valence-corrected chi connectivity index (χ1v) is 8.82. The molecule has 23 heavy (non-hydrogen) atoms. The minimum absolute atomic E-state index is 0.0507. The van der Waals surface area contributed by atoms with Gasteiger partial charge in [0.05, 0.1) is 11.3 Å². The summed E-state index contributed by atoms with van der Waals surface area (Å²) in [4.78, 5) is 20.7. The average molecular weight is 379 g/mol. The van der Waals surface area contributed by atoms with E-state index in [1.54, 1.807) is 0 Å². The predicted molar refractivity (Wildman–Crippen MR) is 90.2 cm³/mol. The summed E-state index contributed by atoms with van der Waals surface area (Å²) < 4.78 is 2.46. The second kappa shape index (κ2) is 5.47. The van der Waals surface area contributed by atoms with E-state index >= 15 is 0 Å². The van der Waals surface area contributed by atoms with E-state index in [2.05, 4.69) is 31.2 Å². The van der Waals surface area contributed by atoms with Crippen molar-refractivity contribution in [1.82, 2.24) is 14.5 Å². The van der Waals surface area contributed by atoms with E-state index in [4.69, 9.17) is 0 Å². The zero-order valence-corrected chi connectivity index (χ0v) is 14.5. The largest absolute Gasteiger partial charge is 0.481 e. The van der Waals surface area contributed by atoms with Crippen LogP contribution in [0.5, 0.6) is 0 Å². The lowest BCUT2D eigenvalue weighted by Gasteiger charge is -2.47. The van der Waals surface area contributed by atoms with Crippen LogP contribution in [0.3, 0.4) is 0 Å². The summed E-state index contributed by atoms with van der Waals surface area (Å²) in [6.45, 7) is 0. The van der Waals surface area contributed by atoms with E-state index in [0.717, 1.165) is 42.5 Å². The number of aromatic nitrogens is 3. The maximum Gasteiger partial charge on any atom is 0.308 e. The first kappa shape index (κ1) is 14.9. The lowest BCUT2D eigenvalue weighted by Crippen LogP contribution is -2.51. The Balaban J connectivity index is 1.73. The monoisotopic (exact) mass is 378 g/mol. The Morgan fingerprint density at radius 2 is 2.00 bits per heavy atom. The molecule has 0 spiro atoms. The Bertz CT molecular complexity index is 767. The predicted octanol–water partition coefficient (Wildman–Crippen LogP) is 3.03. The number of aryl methyl sites for hydroxylation is 1. The highest BCUT2D eigenvalue weighted by Gasteiger charge is 2.47. The van der Waals surface area contributed by atoms with Crippen LogP contribution in [0.4, 0.5) is 5.82 Å². The highest BCUT2D eigenvalue weighted by Crippen LogP contribution is 2.46. The van der Waals surface area contributed by atoms with Crippen LogP contribution < -0.4 is 5.32 Å². The molecule has 2 aromatic rings. The molecular formula is C16H19BrN4O2. The number of anilines is 1. The summed E-state index contributed by atoms with van der Waals surface area (Å²) in [5.74, 6) is 0.413. The lowest BCUT2D eigenvalue weighted by molar-refractivity contribution is -0.148. The van der Waals surface area contributed by atoms with Crippen molar-refractivity contribution in [1.29, 1.82) is 0 Å². The van der Waals surface area contributed by atoms with Gasteiger partial charge in [-0.15, -0.1) is 0 Å². The Morgan fingerprint density at radius 3 is 2.70 bits per heavy atom. The van der Waals surface area contributed by atoms with Gasteiger partial charge in [-0.3, -0.25) is 4.79 Å². The van der Waals surface area contributed by atoms with Crippen LogP contribution in [0, 0.1) is 17.8 Å². The Morgan fingerprint density at radius 1 is 1.30 bits per heavy atom. The van der Waals surface area contributed by atoms with Crippen LogP contribution in [-0.4, -0.2) is 31.7 Å². The van der Waals surface area contributed by atoms with Gasteiger partial charge >= 0.3 is 5.97 Å². The number of hydrogen-bond acceptors (Lipinski definition) is 4. The summed E-state index contributed by atoms with van der Waals surface area (Å²) >= 11 is 3.36. The molecule has 2 N–H and O–H groups in total. The van der Waals surface area contributed by atoms with Gasteiger partial charge in [0.25, 0.3) is 0 Å². The normalized spacial score (nSPS) is 29.8. The third-order valence-corrected chi connectivity index (χ3v) is 5.86. The van der Waals surface area contributed by atoms with Crippen LogP contribution in [0.15, 0.2) is 17.0 Å². The molecular weight excluding hydrogens is 360 g/mol. The fraction of sp³-hybridized carbons (Fsp3) is 0.562. The zero-order chi connectivity index (χ0) is 16.1. The summed E-state index contributed by atoms with van der Waals surface area (Å²) in [5.41, 5.74) is 0.835. The van der Waals surface area contributed by atoms with Crippen LogP contribution in [0.1, 0.15) is 25.7 Å². The number of carboxylic acid groups (broad SMARTS) is 1. The van der Waals surface area contributed by atoms with Crippen molar-refractivity contribution in [2.45, 2.75) is 31.7 Å². The van der Waals surface area contributed by atoms with Gasteiger partial charge in [-0.25, -0.2) is 9.97 Å². The summed E-state index contributed by atoms with van der Waals surface area (Å²) in [6, 6.07) is 1.92. The SMILES string of the molecule is Cn1ccc2c(NC3C4CCC(CC4)C3C(=O)O)nc(Br)nc21. The molecule has 0 aromatic carbocycles. The molecule has 2 bridgehead atoms. The van der Waals surface area contributed by atoms with Crippen molar-refractivity contribution in [2.75, 3.05) is 5.32 Å². The Labute approximate surface area is 142 Å². The minimum atomic E-state index is -0.686. The van der Waals surface area contributed by atoms with Gasteiger partial charge in [0.2, 0.25) is 4.73 Å². The Kier molecular flexibility index (Phi) is 3.55. The number of nitrogens with zero attached hydrogens (tertiary/aromatic N) is 3. The standard InChI is InChI=1S/C16H19BrN4O2/c1-21-7-6-10-13(19-16(17)20-14(10)21)18-12-9-4-2-8(3-5-9)11(12)15(22)23/h6-9,11-12H,2-5H2,1H3,(H,22,23)(H,18,19,20). The zero-order valence-electron chi connectivity index (χ0n) is 12.9. The van der Waals surface area contributed by atoms with Crippen molar-refractivity contribution in [2.24, 2.45) is 24.8 Å². The number of rotatable bonds is 3. The molecule has 6 nitrogen and oxygen atoms in total. The fourth-order valence-electron chi connectivity index (χ4n) is 4.39. The molecule has 2 heterocycles. The van der Waals surface area contributed by atoms with E-state index < -0.39 is 5.97 Å². The van der Waals surface area contributed by atoms with Gasteiger partial charge in [-0.2, -0.15) is 0 Å². The van der Waals surface area contributed by atoms with Gasteiger partial charge in [0.15, 0.2) is 0 Å². The fourth-order valence-corrected chi connectivity index (χ4v) is 4.74. The van der Waals surface area contributed by atoms with Crippen molar-refractivity contribution < 1.29 is 9.90 Å². The van der Waals surface area contributed by atoms with E-state index in [0.29, 0.717) is 10.7 Å². The Hall–Kier alpha value is -1.63. The highest BCUT2D eigenvalue weighted by molar-refractivity contribution is 9.10. The summed E-state index contributed by atoms with van der Waals surface area (Å²) in [5, 5.41) is 14.1. The maximum atomic E-state index is 11.8. The van der Waals surface area contributed by atoms with E-state index in [9.17, 15) is 9.90 Å². The lowest BCUT2D eigenvalue weighted by atomic mass is 9.61. The molecule has 0 radical (unpaired) electrons. The second-order valence-corrected chi connectivity index (χ2v) is 7.42. The summed E-state index contributed by atoms with van der Waals surface area (Å²) in [7, 11) is 1.94. The van der Waals surface area contributed by atoms with Crippen LogP contribution in [0.25, 0.3) is 11.0 Å². The molecule has 3 saturated carbocycles. The van der Waals surface area contributed by atoms with Gasteiger partial charge in [-0.1, -0.05) is 0 Å². The third kappa shape index (κ3) is 2.41. The van der Waals surface area contributed by atoms with Gasteiger partial charge in [0.1, 0.15) is 11.5 Å². The van der Waals surface area contributed by atoms with Crippen molar-refractivity contribution in [3.05, 3.63) is 17.0 Å². The van der Waals surface area contributed by atoms with E-state index in [1.165, 1.54) is 0 Å². The van der Waals surface area contributed by atoms with Gasteiger partial charge in [-0.05, 0) is 59.5 Å². The summed E-state index contributed by atoms with van der Waals surface area (Å²) in [6.07, 6.45) is 6.23. The van der Waals surface area contributed by atoms with Crippen LogP contribution in [0.2, 0.25) is 0 Å². The molecule has 0 aliphatic heterocycles. The number of hydrogen-bond donors (Lipinski definition) is 2. The smallest absolute Gasteiger partial charge is 0.308 e. The number of fused-ring (bicyclic) bond motifs is 4. The number of nitrogens with one attached hydrogen (secondary N) is 1. The third-order valence-electron chi connectivity index (χ3n) is 5.50. The molecule has 3 aliphatic carbocycles. The molecule has 5 rings (SSSR count). The molecule has 0 amide bonds. The van der Waals surface area contributed by atoms with Gasteiger partial charge < -0.3 is 15.0 Å². The first-order valence-electron chi connectivity index (χ1n) is 8.02. The quantitative estimate of drug-likeness (QED) is 0.802. The molecule has 2 unspecified atom stereocenters. The molecule has 0 saturated heterocycles. The molecule has 3 aliphatic rings. The average Bonchev–Trinajstić information content (AvgIpc) is 2.89. The van der Waals surface area contributed by atoms with Crippen molar-refractivity contribution in [3.63, 3.8) is 0 Å². The van der Waals surface area contributed by atoms with Crippen molar-refractivity contribution >= 4 is 38.8 Å². The number of aliphatic carboxylic acids is 1.